The number of rotatable bonds is 4. The molecule has 2 N–H and O–H groups in total. The van der Waals surface area contributed by atoms with Crippen LogP contribution in [0.1, 0.15) is 21.5 Å². The number of aryl methyl sites for hydroxylation is 1. The summed E-state index contributed by atoms with van der Waals surface area (Å²) in [5, 5.41) is 9.97. The highest BCUT2D eigenvalue weighted by Crippen LogP contribution is 2.22. The van der Waals surface area contributed by atoms with E-state index in [9.17, 15) is 4.79 Å². The number of carbonyl (C=O) groups is 1. The van der Waals surface area contributed by atoms with Gasteiger partial charge in [-0.2, -0.15) is 5.10 Å². The van der Waals surface area contributed by atoms with Gasteiger partial charge in [-0.1, -0.05) is 34.1 Å². The van der Waals surface area contributed by atoms with E-state index in [1.165, 1.54) is 16.7 Å². The Balaban J connectivity index is 2.14. The molecule has 0 saturated heterocycles. The van der Waals surface area contributed by atoms with Gasteiger partial charge < -0.3 is 10.2 Å². The topological polar surface area (TPSA) is 61.0 Å². The normalized spacial score (nSPS) is 10.4. The molecule has 0 atom stereocenters. The molecular weight excluding hydrogens is 320 g/mol. The lowest BCUT2D eigenvalue weighted by Crippen LogP contribution is -2.22. The van der Waals surface area contributed by atoms with E-state index in [1.807, 2.05) is 25.1 Å². The fraction of sp³-hybridized carbons (Fsp3) is 0.286. The third kappa shape index (κ3) is 3.01. The summed E-state index contributed by atoms with van der Waals surface area (Å²) >= 11 is 3.57. The number of nitrogens with zero attached hydrogens (tertiary/aromatic N) is 2. The zero-order chi connectivity index (χ0) is 14.7. The van der Waals surface area contributed by atoms with E-state index >= 15 is 0 Å². The Morgan fingerprint density at radius 1 is 1.45 bits per heavy atom. The van der Waals surface area contributed by atoms with Crippen molar-refractivity contribution in [1.82, 2.24) is 15.1 Å². The summed E-state index contributed by atoms with van der Waals surface area (Å²) in [6, 6.07) is 6.09. The molecular formula is C14H17BrN4O. The Bertz CT molecular complexity index is 621. The number of anilines is 1. The molecule has 1 amide bonds. The number of aromatic amines is 1. The van der Waals surface area contributed by atoms with E-state index in [0.29, 0.717) is 17.9 Å². The molecule has 1 aromatic heterocycles. The monoisotopic (exact) mass is 336 g/mol. The average Bonchev–Trinajstić information content (AvgIpc) is 2.87. The van der Waals surface area contributed by atoms with Gasteiger partial charge in [0.15, 0.2) is 0 Å². The summed E-state index contributed by atoms with van der Waals surface area (Å²) in [6.45, 7) is 2.66. The lowest BCUT2D eigenvalue weighted by atomic mass is 10.1. The maximum absolute atomic E-state index is 12.0. The first-order valence-corrected chi connectivity index (χ1v) is 7.03. The number of aromatic nitrogens is 2. The lowest BCUT2D eigenvalue weighted by Gasteiger charge is -2.12. The molecule has 0 aliphatic rings. The van der Waals surface area contributed by atoms with Crippen molar-refractivity contribution in [3.8, 4) is 0 Å². The highest BCUT2D eigenvalue weighted by molar-refractivity contribution is 9.10. The molecule has 106 valence electrons. The largest absolute Gasteiger partial charge is 0.366 e. The number of hydrogen-bond acceptors (Lipinski definition) is 3. The van der Waals surface area contributed by atoms with Gasteiger partial charge in [-0.05, 0) is 18.1 Å². The second-order valence-corrected chi connectivity index (χ2v) is 5.55. The van der Waals surface area contributed by atoms with Crippen LogP contribution in [0.15, 0.2) is 28.9 Å². The van der Waals surface area contributed by atoms with Crippen molar-refractivity contribution in [2.24, 2.45) is 0 Å². The molecule has 6 heteroatoms. The van der Waals surface area contributed by atoms with Crippen molar-refractivity contribution in [3.63, 3.8) is 0 Å². The van der Waals surface area contributed by atoms with Gasteiger partial charge in [0.1, 0.15) is 11.4 Å². The van der Waals surface area contributed by atoms with Crippen molar-refractivity contribution in [2.45, 2.75) is 13.5 Å². The molecule has 0 aliphatic carbocycles. The first kappa shape index (κ1) is 14.6. The van der Waals surface area contributed by atoms with Crippen molar-refractivity contribution >= 4 is 27.7 Å². The highest BCUT2D eigenvalue weighted by atomic mass is 79.9. The maximum atomic E-state index is 12.0. The minimum Gasteiger partial charge on any atom is -0.366 e. The van der Waals surface area contributed by atoms with Gasteiger partial charge in [0.25, 0.3) is 5.91 Å². The molecule has 0 aliphatic heterocycles. The second kappa shape index (κ2) is 6.09. The van der Waals surface area contributed by atoms with E-state index in [2.05, 4.69) is 31.4 Å². The molecule has 0 radical (unpaired) electrons. The quantitative estimate of drug-likeness (QED) is 0.902. The number of amides is 1. The number of halogens is 1. The van der Waals surface area contributed by atoms with Crippen LogP contribution in [0.25, 0.3) is 0 Å². The van der Waals surface area contributed by atoms with E-state index in [1.54, 1.807) is 14.1 Å². The summed E-state index contributed by atoms with van der Waals surface area (Å²) in [4.78, 5) is 13.5. The number of hydrogen-bond donors (Lipinski definition) is 2. The molecule has 0 spiro atoms. The minimum atomic E-state index is -0.0791. The molecule has 0 saturated carbocycles. The predicted octanol–water partition coefficient (Wildman–Crippen LogP) is 2.79. The Hall–Kier alpha value is -1.82. The Morgan fingerprint density at radius 3 is 2.90 bits per heavy atom. The molecule has 20 heavy (non-hydrogen) atoms. The van der Waals surface area contributed by atoms with Crippen LogP contribution in [0.2, 0.25) is 0 Å². The van der Waals surface area contributed by atoms with Crippen molar-refractivity contribution < 1.29 is 4.79 Å². The number of H-pyrrole nitrogens is 1. The van der Waals surface area contributed by atoms with Gasteiger partial charge in [-0.25, -0.2) is 0 Å². The van der Waals surface area contributed by atoms with Crippen LogP contribution in [0, 0.1) is 6.92 Å². The van der Waals surface area contributed by atoms with E-state index < -0.39 is 0 Å². The third-order valence-corrected chi connectivity index (χ3v) is 4.14. The van der Waals surface area contributed by atoms with Crippen LogP contribution < -0.4 is 5.32 Å². The van der Waals surface area contributed by atoms with Crippen LogP contribution in [-0.2, 0) is 6.54 Å². The van der Waals surface area contributed by atoms with Gasteiger partial charge in [0, 0.05) is 25.1 Å². The average molecular weight is 337 g/mol. The smallest absolute Gasteiger partial charge is 0.258 e. The van der Waals surface area contributed by atoms with Crippen LogP contribution in [-0.4, -0.2) is 35.1 Å². The fourth-order valence-electron chi connectivity index (χ4n) is 1.85. The molecule has 1 aromatic carbocycles. The van der Waals surface area contributed by atoms with Crippen LogP contribution in [0.4, 0.5) is 5.82 Å². The van der Waals surface area contributed by atoms with E-state index in [4.69, 9.17) is 0 Å². The molecule has 0 bridgehead atoms. The number of carbonyl (C=O) groups excluding carboxylic acids is 1. The summed E-state index contributed by atoms with van der Waals surface area (Å²) in [5.41, 5.74) is 2.85. The van der Waals surface area contributed by atoms with E-state index in [0.717, 1.165) is 10.0 Å². The van der Waals surface area contributed by atoms with Gasteiger partial charge in [-0.15, -0.1) is 0 Å². The SMILES string of the molecule is Cc1cccc(CNc2[nH]ncc2C(=O)N(C)C)c1Br. The molecule has 5 nitrogen and oxygen atoms in total. The molecule has 2 rings (SSSR count). The third-order valence-electron chi connectivity index (χ3n) is 3.00. The fourth-order valence-corrected chi connectivity index (χ4v) is 2.26. The first-order valence-electron chi connectivity index (χ1n) is 6.23. The standard InChI is InChI=1S/C14H17BrN4O/c1-9-5-4-6-10(12(9)15)7-16-13-11(8-17-18-13)14(20)19(2)3/h4-6,8H,7H2,1-3H3,(H2,16,17,18). The second-order valence-electron chi connectivity index (χ2n) is 4.76. The maximum Gasteiger partial charge on any atom is 0.258 e. The van der Waals surface area contributed by atoms with Crippen LogP contribution >= 0.6 is 15.9 Å². The van der Waals surface area contributed by atoms with Crippen molar-refractivity contribution in [1.29, 1.82) is 0 Å². The van der Waals surface area contributed by atoms with Gasteiger partial charge >= 0.3 is 0 Å². The van der Waals surface area contributed by atoms with Crippen molar-refractivity contribution in [2.75, 3.05) is 19.4 Å². The number of benzene rings is 1. The highest BCUT2D eigenvalue weighted by Gasteiger charge is 2.15. The summed E-state index contributed by atoms with van der Waals surface area (Å²) in [6.07, 6.45) is 1.54. The minimum absolute atomic E-state index is 0.0791. The Morgan fingerprint density at radius 2 is 2.20 bits per heavy atom. The molecule has 1 heterocycles. The predicted molar refractivity (Wildman–Crippen MR) is 82.8 cm³/mol. The van der Waals surface area contributed by atoms with Crippen molar-refractivity contribution in [3.05, 3.63) is 45.6 Å². The molecule has 2 aromatic rings. The van der Waals surface area contributed by atoms with Gasteiger partial charge in [-0.3, -0.25) is 9.89 Å². The zero-order valence-corrected chi connectivity index (χ0v) is 13.3. The Labute approximate surface area is 126 Å². The number of nitrogens with one attached hydrogen (secondary N) is 2. The zero-order valence-electron chi connectivity index (χ0n) is 11.7. The molecule has 0 fully saturated rings. The summed E-state index contributed by atoms with van der Waals surface area (Å²) in [5.74, 6) is 0.557. The summed E-state index contributed by atoms with van der Waals surface area (Å²) in [7, 11) is 3.44. The lowest BCUT2D eigenvalue weighted by molar-refractivity contribution is 0.0828. The van der Waals surface area contributed by atoms with Crippen LogP contribution in [0.5, 0.6) is 0 Å². The van der Waals surface area contributed by atoms with Gasteiger partial charge in [0.05, 0.1) is 6.20 Å². The molecule has 0 unspecified atom stereocenters. The van der Waals surface area contributed by atoms with Crippen LogP contribution in [0.3, 0.4) is 0 Å². The summed E-state index contributed by atoms with van der Waals surface area (Å²) < 4.78 is 1.08. The Kier molecular flexibility index (Phi) is 4.44. The first-order chi connectivity index (χ1) is 9.50. The van der Waals surface area contributed by atoms with Gasteiger partial charge in [0.2, 0.25) is 0 Å². The van der Waals surface area contributed by atoms with E-state index in [-0.39, 0.29) is 5.91 Å².